The quantitative estimate of drug-likeness (QED) is 0.734. The number of hydrogen-bond acceptors (Lipinski definition) is 3. The van der Waals surface area contributed by atoms with Gasteiger partial charge in [0.25, 0.3) is 0 Å². The van der Waals surface area contributed by atoms with Gasteiger partial charge in [0.05, 0.1) is 0 Å². The molecular formula is C9H18N2O3S. The highest BCUT2D eigenvalue weighted by Crippen LogP contribution is 2.12. The molecule has 0 bridgehead atoms. The molecule has 1 aliphatic rings. The first-order valence-electron chi connectivity index (χ1n) is 5.23. The van der Waals surface area contributed by atoms with Gasteiger partial charge in [-0.05, 0) is 19.8 Å². The van der Waals surface area contributed by atoms with Crippen molar-refractivity contribution in [1.82, 2.24) is 4.90 Å². The standard InChI is InChI=1S/C9H18N2O3S/c1-8(15(10,13)14)9(12)11-6-4-2-3-5-7-11/h8H,2-7H2,1H3,(H2,10,13,14). The molecule has 1 aliphatic heterocycles. The van der Waals surface area contributed by atoms with E-state index in [4.69, 9.17) is 5.14 Å². The van der Waals surface area contributed by atoms with Crippen LogP contribution in [0.15, 0.2) is 0 Å². The van der Waals surface area contributed by atoms with Crippen molar-refractivity contribution in [2.45, 2.75) is 37.9 Å². The van der Waals surface area contributed by atoms with E-state index in [-0.39, 0.29) is 5.91 Å². The molecule has 0 aromatic carbocycles. The number of primary sulfonamides is 1. The number of hydrogen-bond donors (Lipinski definition) is 1. The minimum atomic E-state index is -3.75. The van der Waals surface area contributed by atoms with E-state index in [0.29, 0.717) is 13.1 Å². The minimum absolute atomic E-state index is 0.362. The highest BCUT2D eigenvalue weighted by Gasteiger charge is 2.28. The SMILES string of the molecule is CC(C(=O)N1CCCCCC1)S(N)(=O)=O. The van der Waals surface area contributed by atoms with Gasteiger partial charge in [-0.2, -0.15) is 0 Å². The van der Waals surface area contributed by atoms with Gasteiger partial charge in [-0.15, -0.1) is 0 Å². The Labute approximate surface area is 90.7 Å². The molecule has 1 heterocycles. The molecule has 0 radical (unpaired) electrons. The van der Waals surface area contributed by atoms with Crippen LogP contribution in [0.3, 0.4) is 0 Å². The second-order valence-corrected chi connectivity index (χ2v) is 5.86. The summed E-state index contributed by atoms with van der Waals surface area (Å²) < 4.78 is 22.1. The smallest absolute Gasteiger partial charge is 0.242 e. The lowest BCUT2D eigenvalue weighted by Crippen LogP contribution is -2.44. The third kappa shape index (κ3) is 3.46. The number of carbonyl (C=O) groups excluding carboxylic acids is 1. The minimum Gasteiger partial charge on any atom is -0.342 e. The fourth-order valence-electron chi connectivity index (χ4n) is 1.69. The van der Waals surface area contributed by atoms with Crippen molar-refractivity contribution in [2.24, 2.45) is 5.14 Å². The number of amides is 1. The summed E-state index contributed by atoms with van der Waals surface area (Å²) in [7, 11) is -3.75. The van der Waals surface area contributed by atoms with Gasteiger partial charge in [-0.1, -0.05) is 12.8 Å². The van der Waals surface area contributed by atoms with Crippen LogP contribution in [-0.2, 0) is 14.8 Å². The van der Waals surface area contributed by atoms with Crippen LogP contribution in [0.5, 0.6) is 0 Å². The molecule has 1 rings (SSSR count). The summed E-state index contributed by atoms with van der Waals surface area (Å²) in [6, 6.07) is 0. The molecule has 0 spiro atoms. The third-order valence-electron chi connectivity index (χ3n) is 2.76. The molecule has 1 atom stereocenters. The Kier molecular flexibility index (Phi) is 4.10. The van der Waals surface area contributed by atoms with E-state index in [1.165, 1.54) is 6.92 Å². The van der Waals surface area contributed by atoms with E-state index in [1.54, 1.807) is 4.90 Å². The van der Waals surface area contributed by atoms with Crippen LogP contribution >= 0.6 is 0 Å². The molecule has 5 nitrogen and oxygen atoms in total. The lowest BCUT2D eigenvalue weighted by Gasteiger charge is -2.22. The Bertz CT molecular complexity index is 318. The summed E-state index contributed by atoms with van der Waals surface area (Å²) in [6.45, 7) is 2.65. The molecule has 0 saturated carbocycles. The van der Waals surface area contributed by atoms with Gasteiger partial charge in [0.15, 0.2) is 5.25 Å². The van der Waals surface area contributed by atoms with Crippen molar-refractivity contribution >= 4 is 15.9 Å². The molecule has 1 unspecified atom stereocenters. The van der Waals surface area contributed by atoms with Crippen molar-refractivity contribution in [3.05, 3.63) is 0 Å². The van der Waals surface area contributed by atoms with Crippen molar-refractivity contribution in [1.29, 1.82) is 0 Å². The fourth-order valence-corrected chi connectivity index (χ4v) is 2.12. The molecule has 0 aromatic rings. The van der Waals surface area contributed by atoms with Gasteiger partial charge in [0.2, 0.25) is 15.9 Å². The Hall–Kier alpha value is -0.620. The van der Waals surface area contributed by atoms with Gasteiger partial charge in [0.1, 0.15) is 0 Å². The van der Waals surface area contributed by atoms with E-state index in [1.807, 2.05) is 0 Å². The zero-order valence-electron chi connectivity index (χ0n) is 8.98. The van der Waals surface area contributed by atoms with E-state index >= 15 is 0 Å². The molecule has 1 saturated heterocycles. The van der Waals surface area contributed by atoms with Gasteiger partial charge in [0, 0.05) is 13.1 Å². The molecule has 15 heavy (non-hydrogen) atoms. The van der Waals surface area contributed by atoms with Crippen LogP contribution in [-0.4, -0.2) is 37.6 Å². The predicted octanol–water partition coefficient (Wildman–Crippen LogP) is 0.0660. The third-order valence-corrected chi connectivity index (χ3v) is 3.95. The normalized spacial score (nSPS) is 20.8. The number of carbonyl (C=O) groups is 1. The van der Waals surface area contributed by atoms with Gasteiger partial charge in [-0.25, -0.2) is 13.6 Å². The zero-order valence-corrected chi connectivity index (χ0v) is 9.79. The van der Waals surface area contributed by atoms with Crippen molar-refractivity contribution in [3.8, 4) is 0 Å². The lowest BCUT2D eigenvalue weighted by molar-refractivity contribution is -0.130. The number of likely N-dealkylation sites (tertiary alicyclic amines) is 1. The Morgan fingerprint density at radius 1 is 1.20 bits per heavy atom. The molecule has 1 amide bonds. The molecule has 1 fully saturated rings. The topological polar surface area (TPSA) is 80.5 Å². The van der Waals surface area contributed by atoms with Crippen molar-refractivity contribution in [2.75, 3.05) is 13.1 Å². The van der Waals surface area contributed by atoms with Gasteiger partial charge < -0.3 is 4.90 Å². The van der Waals surface area contributed by atoms with E-state index in [0.717, 1.165) is 25.7 Å². The first-order valence-corrected chi connectivity index (χ1v) is 6.84. The zero-order chi connectivity index (χ0) is 11.5. The Morgan fingerprint density at radius 3 is 2.07 bits per heavy atom. The van der Waals surface area contributed by atoms with E-state index in [2.05, 4.69) is 0 Å². The summed E-state index contributed by atoms with van der Waals surface area (Å²) in [6.07, 6.45) is 4.10. The summed E-state index contributed by atoms with van der Waals surface area (Å²) in [5.74, 6) is -0.362. The van der Waals surface area contributed by atoms with Crippen molar-refractivity contribution < 1.29 is 13.2 Å². The second-order valence-electron chi connectivity index (χ2n) is 3.97. The summed E-state index contributed by atoms with van der Waals surface area (Å²) in [5, 5.41) is 3.84. The van der Waals surface area contributed by atoms with Crippen molar-refractivity contribution in [3.63, 3.8) is 0 Å². The first kappa shape index (κ1) is 12.4. The maximum Gasteiger partial charge on any atom is 0.242 e. The largest absolute Gasteiger partial charge is 0.342 e. The number of nitrogens with two attached hydrogens (primary N) is 1. The monoisotopic (exact) mass is 234 g/mol. The highest BCUT2D eigenvalue weighted by molar-refractivity contribution is 7.90. The average molecular weight is 234 g/mol. The van der Waals surface area contributed by atoms with Crippen LogP contribution in [0.1, 0.15) is 32.6 Å². The van der Waals surface area contributed by atoms with E-state index in [9.17, 15) is 13.2 Å². The number of rotatable bonds is 2. The predicted molar refractivity (Wildman–Crippen MR) is 57.6 cm³/mol. The molecule has 6 heteroatoms. The summed E-state index contributed by atoms with van der Waals surface area (Å²) >= 11 is 0. The van der Waals surface area contributed by atoms with Gasteiger partial charge >= 0.3 is 0 Å². The van der Waals surface area contributed by atoms with Crippen LogP contribution in [0.25, 0.3) is 0 Å². The summed E-state index contributed by atoms with van der Waals surface area (Å²) in [5.41, 5.74) is 0. The van der Waals surface area contributed by atoms with Crippen LogP contribution in [0, 0.1) is 0 Å². The molecular weight excluding hydrogens is 216 g/mol. The van der Waals surface area contributed by atoms with Gasteiger partial charge in [-0.3, -0.25) is 4.79 Å². The summed E-state index contributed by atoms with van der Waals surface area (Å²) in [4.78, 5) is 13.4. The fraction of sp³-hybridized carbons (Fsp3) is 0.889. The molecule has 2 N–H and O–H groups in total. The maximum absolute atomic E-state index is 11.8. The first-order chi connectivity index (χ1) is 6.93. The highest BCUT2D eigenvalue weighted by atomic mass is 32.2. The molecule has 0 aromatic heterocycles. The average Bonchev–Trinajstić information content (AvgIpc) is 2.42. The van der Waals surface area contributed by atoms with Crippen LogP contribution < -0.4 is 5.14 Å². The lowest BCUT2D eigenvalue weighted by atomic mass is 10.2. The molecule has 88 valence electrons. The van der Waals surface area contributed by atoms with Crippen LogP contribution in [0.2, 0.25) is 0 Å². The van der Waals surface area contributed by atoms with Crippen LogP contribution in [0.4, 0.5) is 0 Å². The molecule has 0 aliphatic carbocycles. The number of nitrogens with zero attached hydrogens (tertiary/aromatic N) is 1. The van der Waals surface area contributed by atoms with E-state index < -0.39 is 15.3 Å². The maximum atomic E-state index is 11.8. The Balaban J connectivity index is 2.66. The second kappa shape index (κ2) is 4.94. The Morgan fingerprint density at radius 2 is 1.67 bits per heavy atom. The number of sulfonamides is 1.